The van der Waals surface area contributed by atoms with E-state index in [0.717, 1.165) is 31.2 Å². The summed E-state index contributed by atoms with van der Waals surface area (Å²) in [5.41, 5.74) is 1.51. The van der Waals surface area contributed by atoms with Gasteiger partial charge in [0, 0.05) is 11.1 Å². The second-order valence-electron chi connectivity index (χ2n) is 8.59. The van der Waals surface area contributed by atoms with Crippen LogP contribution in [-0.2, 0) is 14.3 Å². The molecule has 0 spiro atoms. The molecule has 0 aromatic heterocycles. The van der Waals surface area contributed by atoms with Crippen LogP contribution in [-0.4, -0.2) is 41.3 Å². The highest BCUT2D eigenvalue weighted by atomic mass is 35.5. The van der Waals surface area contributed by atoms with Crippen molar-refractivity contribution >= 4 is 17.5 Å². The SMILES string of the molecule is CC(Cl)CON1C(=O)c2ccccc2C1OC1CCCC(OC2CCCCC2)C1. The minimum absolute atomic E-state index is 0.0563. The zero-order chi connectivity index (χ0) is 20.2. The van der Waals surface area contributed by atoms with E-state index in [9.17, 15) is 4.79 Å². The van der Waals surface area contributed by atoms with Crippen molar-refractivity contribution in [3.05, 3.63) is 35.4 Å². The Labute approximate surface area is 178 Å². The molecule has 4 atom stereocenters. The van der Waals surface area contributed by atoms with Gasteiger partial charge in [-0.1, -0.05) is 37.5 Å². The summed E-state index contributed by atoms with van der Waals surface area (Å²) in [6.45, 7) is 2.11. The Morgan fingerprint density at radius 3 is 2.45 bits per heavy atom. The molecule has 0 N–H and O–H groups in total. The van der Waals surface area contributed by atoms with Gasteiger partial charge in [-0.25, -0.2) is 0 Å². The Kier molecular flexibility index (Phi) is 7.12. The van der Waals surface area contributed by atoms with E-state index < -0.39 is 6.23 Å². The van der Waals surface area contributed by atoms with E-state index >= 15 is 0 Å². The number of rotatable bonds is 7. The van der Waals surface area contributed by atoms with E-state index in [1.165, 1.54) is 37.2 Å². The molecule has 3 aliphatic rings. The lowest BCUT2D eigenvalue weighted by molar-refractivity contribution is -0.235. The maximum absolute atomic E-state index is 12.8. The monoisotopic (exact) mass is 421 g/mol. The van der Waals surface area contributed by atoms with E-state index in [4.69, 9.17) is 25.9 Å². The molecule has 6 heteroatoms. The van der Waals surface area contributed by atoms with Crippen molar-refractivity contribution in [1.29, 1.82) is 0 Å². The van der Waals surface area contributed by atoms with Gasteiger partial charge in [0.05, 0.1) is 30.3 Å². The Bertz CT molecular complexity index is 691. The van der Waals surface area contributed by atoms with Crippen LogP contribution in [0.5, 0.6) is 0 Å². The highest BCUT2D eigenvalue weighted by molar-refractivity contribution is 6.20. The molecule has 1 aromatic carbocycles. The predicted octanol–water partition coefficient (Wildman–Crippen LogP) is 5.38. The van der Waals surface area contributed by atoms with Gasteiger partial charge in [0.25, 0.3) is 5.91 Å². The maximum atomic E-state index is 12.8. The Balaban J connectivity index is 1.42. The summed E-state index contributed by atoms with van der Waals surface area (Å²) in [6, 6.07) is 7.59. The van der Waals surface area contributed by atoms with Crippen LogP contribution >= 0.6 is 11.6 Å². The van der Waals surface area contributed by atoms with Crippen LogP contribution in [0.15, 0.2) is 24.3 Å². The zero-order valence-electron chi connectivity index (χ0n) is 17.2. The number of benzene rings is 1. The molecule has 4 unspecified atom stereocenters. The lowest BCUT2D eigenvalue weighted by atomic mass is 9.93. The van der Waals surface area contributed by atoms with Crippen molar-refractivity contribution in [3.8, 4) is 0 Å². The van der Waals surface area contributed by atoms with Crippen molar-refractivity contribution in [1.82, 2.24) is 5.06 Å². The number of hydroxylamine groups is 2. The molecule has 2 saturated carbocycles. The smallest absolute Gasteiger partial charge is 0.280 e. The van der Waals surface area contributed by atoms with Gasteiger partial charge in [-0.05, 0) is 51.5 Å². The number of amides is 1. The van der Waals surface area contributed by atoms with Gasteiger partial charge >= 0.3 is 0 Å². The van der Waals surface area contributed by atoms with Gasteiger partial charge < -0.3 is 9.47 Å². The molecule has 29 heavy (non-hydrogen) atoms. The average molecular weight is 422 g/mol. The zero-order valence-corrected chi connectivity index (χ0v) is 18.0. The molecule has 4 rings (SSSR count). The molecule has 160 valence electrons. The van der Waals surface area contributed by atoms with Crippen molar-refractivity contribution in [3.63, 3.8) is 0 Å². The van der Waals surface area contributed by atoms with E-state index in [1.54, 1.807) is 0 Å². The lowest BCUT2D eigenvalue weighted by Crippen LogP contribution is -2.37. The molecule has 0 saturated heterocycles. The van der Waals surface area contributed by atoms with Gasteiger partial charge in [0.2, 0.25) is 0 Å². The molecular formula is C23H32ClNO4. The fraction of sp³-hybridized carbons (Fsp3) is 0.696. The highest BCUT2D eigenvalue weighted by Gasteiger charge is 2.41. The second kappa shape index (κ2) is 9.78. The van der Waals surface area contributed by atoms with Crippen LogP contribution < -0.4 is 0 Å². The number of halogens is 1. The van der Waals surface area contributed by atoms with Crippen molar-refractivity contribution in [2.45, 2.75) is 94.6 Å². The van der Waals surface area contributed by atoms with Gasteiger partial charge in [0.15, 0.2) is 6.23 Å². The summed E-state index contributed by atoms with van der Waals surface area (Å²) in [5.74, 6) is -0.159. The van der Waals surface area contributed by atoms with E-state index in [0.29, 0.717) is 11.7 Å². The van der Waals surface area contributed by atoms with Gasteiger partial charge in [-0.2, -0.15) is 5.06 Å². The number of nitrogens with zero attached hydrogens (tertiary/aromatic N) is 1. The van der Waals surface area contributed by atoms with Crippen molar-refractivity contribution < 1.29 is 19.1 Å². The standard InChI is InChI=1S/C23H32ClNO4/c1-16(24)15-27-25-22(26)20-12-5-6-13-21(20)23(25)29-19-11-7-10-18(14-19)28-17-8-3-2-4-9-17/h5-6,12-13,16-19,23H,2-4,7-11,14-15H2,1H3. The first-order valence-electron chi connectivity index (χ1n) is 11.1. The minimum Gasteiger partial charge on any atom is -0.375 e. The van der Waals surface area contributed by atoms with Gasteiger partial charge in [-0.3, -0.25) is 9.63 Å². The normalized spacial score (nSPS) is 29.1. The molecule has 5 nitrogen and oxygen atoms in total. The first kappa shape index (κ1) is 21.1. The van der Waals surface area contributed by atoms with E-state index in [-0.39, 0.29) is 30.1 Å². The topological polar surface area (TPSA) is 48.0 Å². The fourth-order valence-corrected chi connectivity index (χ4v) is 4.76. The van der Waals surface area contributed by atoms with Gasteiger partial charge in [0.1, 0.15) is 0 Å². The van der Waals surface area contributed by atoms with E-state index in [1.807, 2.05) is 31.2 Å². The highest BCUT2D eigenvalue weighted by Crippen LogP contribution is 2.38. The molecule has 0 bridgehead atoms. The lowest BCUT2D eigenvalue weighted by Gasteiger charge is -2.35. The molecule has 2 fully saturated rings. The number of ether oxygens (including phenoxy) is 2. The van der Waals surface area contributed by atoms with Crippen LogP contribution in [0.25, 0.3) is 0 Å². The summed E-state index contributed by atoms with van der Waals surface area (Å²) in [6.07, 6.45) is 10.5. The van der Waals surface area contributed by atoms with Crippen LogP contribution in [0, 0.1) is 0 Å². The molecule has 0 radical (unpaired) electrons. The number of hydrogen-bond donors (Lipinski definition) is 0. The number of alkyl halides is 1. The molecule has 1 aliphatic heterocycles. The Morgan fingerprint density at radius 1 is 1.00 bits per heavy atom. The number of carbonyl (C=O) groups excluding carboxylic acids is 1. The summed E-state index contributed by atoms with van der Waals surface area (Å²) in [4.78, 5) is 18.6. The van der Waals surface area contributed by atoms with Crippen molar-refractivity contribution in [2.75, 3.05) is 6.61 Å². The third-order valence-electron chi connectivity index (χ3n) is 6.15. The van der Waals surface area contributed by atoms with Gasteiger partial charge in [-0.15, -0.1) is 11.6 Å². The number of hydrogen-bond acceptors (Lipinski definition) is 4. The predicted molar refractivity (Wildman–Crippen MR) is 112 cm³/mol. The van der Waals surface area contributed by atoms with Crippen LogP contribution in [0.2, 0.25) is 0 Å². The molecule has 1 heterocycles. The summed E-state index contributed by atoms with van der Waals surface area (Å²) in [7, 11) is 0. The Morgan fingerprint density at radius 2 is 1.69 bits per heavy atom. The average Bonchev–Trinajstić information content (AvgIpc) is 2.99. The summed E-state index contributed by atoms with van der Waals surface area (Å²) < 4.78 is 12.9. The number of fused-ring (bicyclic) bond motifs is 1. The summed E-state index contributed by atoms with van der Waals surface area (Å²) >= 11 is 6.05. The Hall–Kier alpha value is -1.14. The van der Waals surface area contributed by atoms with Crippen LogP contribution in [0.4, 0.5) is 0 Å². The third kappa shape index (κ3) is 5.13. The van der Waals surface area contributed by atoms with Crippen LogP contribution in [0.1, 0.15) is 86.9 Å². The summed E-state index contributed by atoms with van der Waals surface area (Å²) in [5, 5.41) is 1.19. The fourth-order valence-electron chi connectivity index (χ4n) is 4.70. The molecule has 1 aromatic rings. The minimum atomic E-state index is -0.521. The van der Waals surface area contributed by atoms with Crippen LogP contribution in [0.3, 0.4) is 0 Å². The van der Waals surface area contributed by atoms with E-state index in [2.05, 4.69) is 0 Å². The number of carbonyl (C=O) groups is 1. The first-order chi connectivity index (χ1) is 14.1. The maximum Gasteiger partial charge on any atom is 0.280 e. The largest absolute Gasteiger partial charge is 0.375 e. The second-order valence-corrected chi connectivity index (χ2v) is 9.33. The molecule has 2 aliphatic carbocycles. The van der Waals surface area contributed by atoms with Crippen molar-refractivity contribution in [2.24, 2.45) is 0 Å². The third-order valence-corrected chi connectivity index (χ3v) is 6.28. The quantitative estimate of drug-likeness (QED) is 0.555. The molecule has 1 amide bonds. The molecular weight excluding hydrogens is 390 g/mol. The first-order valence-corrected chi connectivity index (χ1v) is 11.6.